The van der Waals surface area contributed by atoms with Crippen LogP contribution in [0.15, 0.2) is 48.5 Å². The number of hydrogen-bond donors (Lipinski definition) is 1. The van der Waals surface area contributed by atoms with Crippen molar-refractivity contribution in [1.29, 1.82) is 0 Å². The van der Waals surface area contributed by atoms with Gasteiger partial charge in [-0.25, -0.2) is 0 Å². The fourth-order valence-electron chi connectivity index (χ4n) is 3.00. The lowest BCUT2D eigenvalue weighted by Crippen LogP contribution is -2.15. The van der Waals surface area contributed by atoms with Crippen LogP contribution in [-0.2, 0) is 6.42 Å². The average molecular weight is 303 g/mol. The van der Waals surface area contributed by atoms with Gasteiger partial charge in [-0.2, -0.15) is 0 Å². The lowest BCUT2D eigenvalue weighted by atomic mass is 9.87. The third kappa shape index (κ3) is 3.39. The minimum atomic E-state index is 0.196. The van der Waals surface area contributed by atoms with Gasteiger partial charge in [-0.1, -0.05) is 41.9 Å². The van der Waals surface area contributed by atoms with Crippen LogP contribution in [0.25, 0.3) is 0 Å². The van der Waals surface area contributed by atoms with Crippen molar-refractivity contribution in [2.24, 2.45) is 5.92 Å². The average Bonchev–Trinajstić information content (AvgIpc) is 2.92. The number of rotatable bonds is 5. The fraction of sp³-hybridized carbons (Fsp3) is 0.333. The lowest BCUT2D eigenvalue weighted by molar-refractivity contribution is 0.203. The zero-order valence-corrected chi connectivity index (χ0v) is 12.6. The second-order valence-corrected chi connectivity index (χ2v) is 6.10. The molecular weight excluding hydrogens is 284 g/mol. The van der Waals surface area contributed by atoms with Crippen LogP contribution in [0.1, 0.15) is 23.5 Å². The Morgan fingerprint density at radius 2 is 1.90 bits per heavy atom. The summed E-state index contributed by atoms with van der Waals surface area (Å²) in [6.07, 6.45) is 1.81. The molecule has 21 heavy (non-hydrogen) atoms. The smallest absolute Gasteiger partial charge is 0.122 e. The summed E-state index contributed by atoms with van der Waals surface area (Å²) < 4.78 is 5.72. The fourth-order valence-corrected chi connectivity index (χ4v) is 3.13. The summed E-state index contributed by atoms with van der Waals surface area (Å²) in [5.74, 6) is 1.61. The zero-order valence-electron chi connectivity index (χ0n) is 11.8. The monoisotopic (exact) mass is 302 g/mol. The van der Waals surface area contributed by atoms with Crippen LogP contribution < -0.4 is 4.74 Å². The van der Waals surface area contributed by atoms with Gasteiger partial charge < -0.3 is 9.84 Å². The summed E-state index contributed by atoms with van der Waals surface area (Å²) in [5.41, 5.74) is 2.48. The van der Waals surface area contributed by atoms with E-state index >= 15 is 0 Å². The molecule has 0 saturated carbocycles. The number of ether oxygens (including phenoxy) is 1. The molecule has 1 aliphatic rings. The number of aliphatic hydroxyl groups excluding tert-OH is 1. The van der Waals surface area contributed by atoms with Gasteiger partial charge in [0.05, 0.1) is 6.61 Å². The lowest BCUT2D eigenvalue weighted by Gasteiger charge is -2.18. The Balaban J connectivity index is 1.67. The molecular formula is C18H19ClO2. The number of aliphatic hydroxyl groups is 1. The Hall–Kier alpha value is -1.51. The second kappa shape index (κ2) is 6.50. The predicted octanol–water partition coefficient (Wildman–Crippen LogP) is 4.06. The van der Waals surface area contributed by atoms with Gasteiger partial charge in [0.1, 0.15) is 5.75 Å². The van der Waals surface area contributed by atoms with Crippen LogP contribution in [-0.4, -0.2) is 18.3 Å². The highest BCUT2D eigenvalue weighted by Crippen LogP contribution is 2.37. The van der Waals surface area contributed by atoms with Gasteiger partial charge in [0.25, 0.3) is 0 Å². The Bertz CT molecular complexity index is 594. The summed E-state index contributed by atoms with van der Waals surface area (Å²) in [6.45, 7) is 0.914. The molecule has 1 aliphatic heterocycles. The molecule has 1 N–H and O–H groups in total. The van der Waals surface area contributed by atoms with Crippen molar-refractivity contribution in [3.63, 3.8) is 0 Å². The molecule has 110 valence electrons. The molecule has 0 radical (unpaired) electrons. The molecule has 2 aromatic rings. The second-order valence-electron chi connectivity index (χ2n) is 5.66. The number of fused-ring (bicyclic) bond motifs is 1. The van der Waals surface area contributed by atoms with Crippen LogP contribution in [0.4, 0.5) is 0 Å². The van der Waals surface area contributed by atoms with Crippen molar-refractivity contribution < 1.29 is 9.84 Å². The number of halogens is 1. The summed E-state index contributed by atoms with van der Waals surface area (Å²) in [5, 5.41) is 10.4. The highest BCUT2D eigenvalue weighted by atomic mass is 35.5. The molecule has 0 saturated heterocycles. The molecule has 0 fully saturated rings. The van der Waals surface area contributed by atoms with E-state index < -0.39 is 0 Å². The summed E-state index contributed by atoms with van der Waals surface area (Å²) in [6, 6.07) is 16.1. The Labute approximate surface area is 130 Å². The molecule has 2 aromatic carbocycles. The Morgan fingerprint density at radius 1 is 1.14 bits per heavy atom. The molecule has 0 amide bonds. The first-order valence-corrected chi connectivity index (χ1v) is 7.71. The Kier molecular flexibility index (Phi) is 4.47. The van der Waals surface area contributed by atoms with Crippen LogP contribution in [0.5, 0.6) is 5.75 Å². The van der Waals surface area contributed by atoms with Gasteiger partial charge in [0.15, 0.2) is 0 Å². The molecule has 0 spiro atoms. The minimum Gasteiger partial charge on any atom is -0.493 e. The van der Waals surface area contributed by atoms with E-state index in [4.69, 9.17) is 16.3 Å². The van der Waals surface area contributed by atoms with Gasteiger partial charge in [-0.3, -0.25) is 0 Å². The highest BCUT2D eigenvalue weighted by molar-refractivity contribution is 6.30. The van der Waals surface area contributed by atoms with Gasteiger partial charge >= 0.3 is 0 Å². The standard InChI is InChI=1S/C18H19ClO2/c19-16-7-5-13(6-8-16)9-14(11-20)10-15-12-21-18-4-2-1-3-17(15)18/h1-8,14-15,20H,9-12H2. The molecule has 1 heterocycles. The van der Waals surface area contributed by atoms with Crippen molar-refractivity contribution in [3.05, 3.63) is 64.7 Å². The molecule has 2 nitrogen and oxygen atoms in total. The van der Waals surface area contributed by atoms with Crippen molar-refractivity contribution in [2.45, 2.75) is 18.8 Å². The zero-order chi connectivity index (χ0) is 14.7. The van der Waals surface area contributed by atoms with Crippen molar-refractivity contribution >= 4 is 11.6 Å². The van der Waals surface area contributed by atoms with Crippen LogP contribution in [0, 0.1) is 5.92 Å². The number of benzene rings is 2. The quantitative estimate of drug-likeness (QED) is 0.902. The first-order chi connectivity index (χ1) is 10.3. The maximum atomic E-state index is 9.68. The van der Waals surface area contributed by atoms with Crippen molar-refractivity contribution in [1.82, 2.24) is 0 Å². The molecule has 0 bridgehead atoms. The highest BCUT2D eigenvalue weighted by Gasteiger charge is 2.26. The SMILES string of the molecule is OCC(Cc1ccc(Cl)cc1)CC1COc2ccccc21. The molecule has 2 atom stereocenters. The summed E-state index contributed by atoms with van der Waals surface area (Å²) >= 11 is 5.91. The normalized spacial score (nSPS) is 18.1. The summed E-state index contributed by atoms with van der Waals surface area (Å²) in [7, 11) is 0. The molecule has 0 aromatic heterocycles. The van der Waals surface area contributed by atoms with E-state index in [2.05, 4.69) is 6.07 Å². The van der Waals surface area contributed by atoms with E-state index in [9.17, 15) is 5.11 Å². The maximum absolute atomic E-state index is 9.68. The van der Waals surface area contributed by atoms with E-state index in [0.29, 0.717) is 5.92 Å². The van der Waals surface area contributed by atoms with E-state index in [1.807, 2.05) is 42.5 Å². The van der Waals surface area contributed by atoms with E-state index in [1.165, 1.54) is 11.1 Å². The van der Waals surface area contributed by atoms with Gasteiger partial charge in [0.2, 0.25) is 0 Å². The third-order valence-corrected chi connectivity index (χ3v) is 4.36. The van der Waals surface area contributed by atoms with Crippen molar-refractivity contribution in [3.8, 4) is 5.75 Å². The first kappa shape index (κ1) is 14.4. The topological polar surface area (TPSA) is 29.5 Å². The van der Waals surface area contributed by atoms with Crippen LogP contribution in [0.2, 0.25) is 5.02 Å². The minimum absolute atomic E-state index is 0.196. The van der Waals surface area contributed by atoms with Gasteiger partial charge in [-0.05, 0) is 42.5 Å². The largest absolute Gasteiger partial charge is 0.493 e. The molecule has 0 aliphatic carbocycles. The molecule has 3 heteroatoms. The van der Waals surface area contributed by atoms with Crippen LogP contribution in [0.3, 0.4) is 0 Å². The maximum Gasteiger partial charge on any atom is 0.122 e. The van der Waals surface area contributed by atoms with E-state index in [-0.39, 0.29) is 12.5 Å². The molecule has 3 rings (SSSR count). The summed E-state index contributed by atoms with van der Waals surface area (Å²) in [4.78, 5) is 0. The van der Waals surface area contributed by atoms with E-state index in [0.717, 1.165) is 30.2 Å². The number of hydrogen-bond acceptors (Lipinski definition) is 2. The van der Waals surface area contributed by atoms with Gasteiger partial charge in [0, 0.05) is 23.1 Å². The van der Waals surface area contributed by atoms with Gasteiger partial charge in [-0.15, -0.1) is 0 Å². The van der Waals surface area contributed by atoms with Crippen molar-refractivity contribution in [2.75, 3.05) is 13.2 Å². The Morgan fingerprint density at radius 3 is 2.67 bits per heavy atom. The third-order valence-electron chi connectivity index (χ3n) is 4.11. The number of para-hydroxylation sites is 1. The van der Waals surface area contributed by atoms with E-state index in [1.54, 1.807) is 0 Å². The first-order valence-electron chi connectivity index (χ1n) is 7.33. The van der Waals surface area contributed by atoms with Crippen LogP contribution >= 0.6 is 11.6 Å². The predicted molar refractivity (Wildman–Crippen MR) is 85.0 cm³/mol. The molecule has 2 unspecified atom stereocenters.